The fraction of sp³-hybridized carbons (Fsp3) is 0.308. The van der Waals surface area contributed by atoms with E-state index in [0.29, 0.717) is 23.7 Å². The van der Waals surface area contributed by atoms with E-state index in [1.165, 1.54) is 16.4 Å². The lowest BCUT2D eigenvalue weighted by atomic mass is 10.2. The summed E-state index contributed by atoms with van der Waals surface area (Å²) in [6, 6.07) is 4.61. The van der Waals surface area contributed by atoms with E-state index in [2.05, 4.69) is 4.98 Å². The molecule has 5 nitrogen and oxygen atoms in total. The number of imidazole rings is 1. The number of hydrogen-bond donors (Lipinski definition) is 0. The van der Waals surface area contributed by atoms with Crippen molar-refractivity contribution in [2.24, 2.45) is 0 Å². The summed E-state index contributed by atoms with van der Waals surface area (Å²) in [7, 11) is -3.57. The van der Waals surface area contributed by atoms with Gasteiger partial charge in [0.2, 0.25) is 10.0 Å². The van der Waals surface area contributed by atoms with Gasteiger partial charge in [-0.2, -0.15) is 4.31 Å². The highest BCUT2D eigenvalue weighted by atomic mass is 35.5. The number of nitrogens with zero attached hydrogens (tertiary/aromatic N) is 3. The molecule has 0 N–H and O–H groups in total. The van der Waals surface area contributed by atoms with Crippen molar-refractivity contribution in [3.8, 4) is 0 Å². The van der Waals surface area contributed by atoms with Crippen LogP contribution in [0.3, 0.4) is 0 Å². The first kappa shape index (κ1) is 14.8. The van der Waals surface area contributed by atoms with E-state index in [1.807, 2.05) is 10.8 Å². The number of fused-ring (bicyclic) bond motifs is 1. The molecule has 3 rings (SSSR count). The number of sulfonamides is 1. The Bertz CT molecular complexity index is 773. The molecule has 0 saturated heterocycles. The second-order valence-electron chi connectivity index (χ2n) is 4.76. The van der Waals surface area contributed by atoms with Gasteiger partial charge in [0.25, 0.3) is 0 Å². The topological polar surface area (TPSA) is 55.2 Å². The van der Waals surface area contributed by atoms with Crippen LogP contribution >= 0.6 is 23.2 Å². The molecule has 112 valence electrons. The zero-order chi connectivity index (χ0) is 15.0. The van der Waals surface area contributed by atoms with Crippen molar-refractivity contribution in [3.05, 3.63) is 47.0 Å². The molecule has 0 spiro atoms. The molecule has 1 aromatic heterocycles. The molecule has 0 unspecified atom stereocenters. The summed E-state index contributed by atoms with van der Waals surface area (Å²) in [5.41, 5.74) is 0.609. The minimum absolute atomic E-state index is 0.173. The fourth-order valence-corrected chi connectivity index (χ4v) is 4.23. The molecular formula is C13H13Cl2N3O2S. The van der Waals surface area contributed by atoms with Crippen molar-refractivity contribution in [1.82, 2.24) is 13.9 Å². The fourth-order valence-electron chi connectivity index (χ4n) is 2.32. The van der Waals surface area contributed by atoms with Gasteiger partial charge in [0.05, 0.1) is 11.4 Å². The van der Waals surface area contributed by atoms with Gasteiger partial charge < -0.3 is 4.57 Å². The van der Waals surface area contributed by atoms with Crippen LogP contribution in [0.1, 0.15) is 11.4 Å². The summed E-state index contributed by atoms with van der Waals surface area (Å²) in [6.45, 7) is 1.29. The van der Waals surface area contributed by atoms with Crippen molar-refractivity contribution in [2.45, 2.75) is 23.9 Å². The first-order valence-electron chi connectivity index (χ1n) is 6.37. The van der Waals surface area contributed by atoms with Crippen LogP contribution in [0.2, 0.25) is 5.02 Å². The summed E-state index contributed by atoms with van der Waals surface area (Å²) in [5, 5.41) is 0.470. The third-order valence-corrected chi connectivity index (χ3v) is 6.01. The molecule has 0 atom stereocenters. The second kappa shape index (κ2) is 5.61. The van der Waals surface area contributed by atoms with E-state index in [1.54, 1.807) is 12.3 Å². The first-order valence-corrected chi connectivity index (χ1v) is 8.72. The normalized spacial score (nSPS) is 15.9. The third kappa shape index (κ3) is 2.68. The van der Waals surface area contributed by atoms with Gasteiger partial charge in [-0.1, -0.05) is 11.6 Å². The Morgan fingerprint density at radius 2 is 2.10 bits per heavy atom. The highest BCUT2D eigenvalue weighted by Gasteiger charge is 2.29. The maximum Gasteiger partial charge on any atom is 0.243 e. The lowest BCUT2D eigenvalue weighted by molar-refractivity contribution is 0.335. The SMILES string of the molecule is O=S(=O)(c1ccc(Cl)c(CCl)c1)N1CCn2ccnc2C1. The maximum atomic E-state index is 12.7. The highest BCUT2D eigenvalue weighted by molar-refractivity contribution is 7.89. The van der Waals surface area contributed by atoms with Crippen molar-refractivity contribution in [3.63, 3.8) is 0 Å². The Morgan fingerprint density at radius 1 is 1.29 bits per heavy atom. The smallest absolute Gasteiger partial charge is 0.243 e. The van der Waals surface area contributed by atoms with Gasteiger partial charge in [0.15, 0.2) is 0 Å². The number of aromatic nitrogens is 2. The second-order valence-corrected chi connectivity index (χ2v) is 7.37. The van der Waals surface area contributed by atoms with Crippen LogP contribution in [-0.2, 0) is 29.0 Å². The standard InChI is InChI=1S/C13H13Cl2N3O2S/c14-8-10-7-11(1-2-12(10)15)21(19,20)18-6-5-17-4-3-16-13(17)9-18/h1-4,7H,5-6,8-9H2. The Balaban J connectivity index is 1.94. The van der Waals surface area contributed by atoms with E-state index in [9.17, 15) is 8.42 Å². The summed E-state index contributed by atoms with van der Waals surface area (Å²) >= 11 is 11.8. The Morgan fingerprint density at radius 3 is 2.86 bits per heavy atom. The zero-order valence-electron chi connectivity index (χ0n) is 11.0. The van der Waals surface area contributed by atoms with E-state index >= 15 is 0 Å². The Labute approximate surface area is 133 Å². The average Bonchev–Trinajstić information content (AvgIpc) is 2.94. The molecule has 21 heavy (non-hydrogen) atoms. The molecule has 0 amide bonds. The molecule has 0 fully saturated rings. The van der Waals surface area contributed by atoms with Crippen molar-refractivity contribution in [2.75, 3.05) is 6.54 Å². The summed E-state index contributed by atoms with van der Waals surface area (Å²) in [6.07, 6.45) is 3.53. The molecule has 0 aliphatic carbocycles. The van der Waals surface area contributed by atoms with Gasteiger partial charge in [0, 0.05) is 36.4 Å². The molecular weight excluding hydrogens is 333 g/mol. The molecule has 0 bridgehead atoms. The molecule has 1 aliphatic rings. The van der Waals surface area contributed by atoms with Crippen molar-refractivity contribution in [1.29, 1.82) is 0 Å². The van der Waals surface area contributed by atoms with Crippen LogP contribution in [-0.4, -0.2) is 28.8 Å². The predicted molar refractivity (Wildman–Crippen MR) is 80.8 cm³/mol. The van der Waals surface area contributed by atoms with Gasteiger partial charge >= 0.3 is 0 Å². The molecule has 1 aromatic carbocycles. The van der Waals surface area contributed by atoms with Crippen LogP contribution in [0.25, 0.3) is 0 Å². The molecule has 0 saturated carbocycles. The van der Waals surface area contributed by atoms with Gasteiger partial charge in [-0.25, -0.2) is 13.4 Å². The van der Waals surface area contributed by atoms with Crippen molar-refractivity contribution < 1.29 is 8.42 Å². The summed E-state index contributed by atoms with van der Waals surface area (Å²) < 4.78 is 28.8. The largest absolute Gasteiger partial charge is 0.333 e. The van der Waals surface area contributed by atoms with Gasteiger partial charge in [-0.05, 0) is 23.8 Å². The molecule has 2 heterocycles. The van der Waals surface area contributed by atoms with E-state index in [0.717, 1.165) is 5.82 Å². The summed E-state index contributed by atoms with van der Waals surface area (Å²) in [4.78, 5) is 4.39. The lowest BCUT2D eigenvalue weighted by Gasteiger charge is -2.27. The number of hydrogen-bond acceptors (Lipinski definition) is 3. The van der Waals surface area contributed by atoms with Crippen LogP contribution in [0, 0.1) is 0 Å². The number of benzene rings is 1. The quantitative estimate of drug-likeness (QED) is 0.803. The molecule has 1 aliphatic heterocycles. The van der Waals surface area contributed by atoms with Crippen molar-refractivity contribution >= 4 is 33.2 Å². The lowest BCUT2D eigenvalue weighted by Crippen LogP contribution is -2.38. The zero-order valence-corrected chi connectivity index (χ0v) is 13.4. The van der Waals surface area contributed by atoms with E-state index in [-0.39, 0.29) is 17.3 Å². The maximum absolute atomic E-state index is 12.7. The van der Waals surface area contributed by atoms with E-state index < -0.39 is 10.0 Å². The molecule has 2 aromatic rings. The number of halogens is 2. The molecule has 8 heteroatoms. The summed E-state index contributed by atoms with van der Waals surface area (Å²) in [5.74, 6) is 0.920. The van der Waals surface area contributed by atoms with Crippen LogP contribution in [0.5, 0.6) is 0 Å². The highest BCUT2D eigenvalue weighted by Crippen LogP contribution is 2.26. The monoisotopic (exact) mass is 345 g/mol. The minimum Gasteiger partial charge on any atom is -0.333 e. The van der Waals surface area contributed by atoms with Crippen LogP contribution in [0.4, 0.5) is 0 Å². The molecule has 0 radical (unpaired) electrons. The Kier molecular flexibility index (Phi) is 3.96. The Hall–Kier alpha value is -1.08. The first-order chi connectivity index (χ1) is 10.0. The van der Waals surface area contributed by atoms with Gasteiger partial charge in [-0.15, -0.1) is 11.6 Å². The predicted octanol–water partition coefficient (Wildman–Crippen LogP) is 2.48. The van der Waals surface area contributed by atoms with Crippen LogP contribution < -0.4 is 0 Å². The van der Waals surface area contributed by atoms with Gasteiger partial charge in [-0.3, -0.25) is 0 Å². The third-order valence-electron chi connectivity index (χ3n) is 3.51. The number of alkyl halides is 1. The average molecular weight is 346 g/mol. The number of rotatable bonds is 3. The van der Waals surface area contributed by atoms with Crippen LogP contribution in [0.15, 0.2) is 35.5 Å². The minimum atomic E-state index is -3.57. The van der Waals surface area contributed by atoms with Gasteiger partial charge in [0.1, 0.15) is 5.82 Å². The van der Waals surface area contributed by atoms with E-state index in [4.69, 9.17) is 23.2 Å².